The van der Waals surface area contributed by atoms with Crippen LogP contribution in [0.3, 0.4) is 0 Å². The van der Waals surface area contributed by atoms with Crippen LogP contribution >= 0.6 is 11.6 Å². The number of ether oxygens (including phenoxy) is 1. The molecule has 1 heterocycles. The van der Waals surface area contributed by atoms with Crippen LogP contribution < -0.4 is 0 Å². The SMILES string of the molecule is CC(OC(=O)c1cc(Cl)c[nH]1)C(=O)c1ccc(F)cc1. The van der Waals surface area contributed by atoms with Gasteiger partial charge in [-0.1, -0.05) is 11.6 Å². The number of hydrogen-bond acceptors (Lipinski definition) is 3. The first-order valence-corrected chi connectivity index (χ1v) is 6.20. The summed E-state index contributed by atoms with van der Waals surface area (Å²) in [5.41, 5.74) is 0.435. The van der Waals surface area contributed by atoms with Gasteiger partial charge >= 0.3 is 5.97 Å². The Morgan fingerprint density at radius 2 is 1.95 bits per heavy atom. The highest BCUT2D eigenvalue weighted by atomic mass is 35.5. The van der Waals surface area contributed by atoms with Crippen molar-refractivity contribution in [2.24, 2.45) is 0 Å². The predicted octanol–water partition coefficient (Wildman–Crippen LogP) is 3.24. The molecule has 0 fully saturated rings. The fraction of sp³-hybridized carbons (Fsp3) is 0.143. The first-order valence-electron chi connectivity index (χ1n) is 5.82. The van der Waals surface area contributed by atoms with Crippen LogP contribution in [0.5, 0.6) is 0 Å². The van der Waals surface area contributed by atoms with Crippen molar-refractivity contribution < 1.29 is 18.7 Å². The van der Waals surface area contributed by atoms with Crippen LogP contribution in [0.2, 0.25) is 5.02 Å². The van der Waals surface area contributed by atoms with Crippen molar-refractivity contribution in [2.45, 2.75) is 13.0 Å². The minimum atomic E-state index is -0.977. The topological polar surface area (TPSA) is 59.2 Å². The van der Waals surface area contributed by atoms with Crippen LogP contribution in [0, 0.1) is 5.82 Å². The van der Waals surface area contributed by atoms with Crippen molar-refractivity contribution in [1.29, 1.82) is 0 Å². The van der Waals surface area contributed by atoms with Crippen molar-refractivity contribution >= 4 is 23.4 Å². The summed E-state index contributed by atoms with van der Waals surface area (Å²) in [4.78, 5) is 26.4. The first kappa shape index (κ1) is 14.3. The number of ketones is 1. The van der Waals surface area contributed by atoms with Crippen LogP contribution in [0.4, 0.5) is 4.39 Å². The van der Waals surface area contributed by atoms with Crippen molar-refractivity contribution in [3.05, 3.63) is 58.6 Å². The van der Waals surface area contributed by atoms with E-state index in [4.69, 9.17) is 16.3 Å². The largest absolute Gasteiger partial charge is 0.450 e. The highest BCUT2D eigenvalue weighted by Gasteiger charge is 2.21. The molecule has 2 aromatic rings. The number of carbonyl (C=O) groups excluding carboxylic acids is 2. The zero-order chi connectivity index (χ0) is 14.7. The monoisotopic (exact) mass is 295 g/mol. The van der Waals surface area contributed by atoms with Gasteiger partial charge in [0, 0.05) is 11.8 Å². The number of esters is 1. The fourth-order valence-corrected chi connectivity index (χ4v) is 1.78. The van der Waals surface area contributed by atoms with E-state index in [0.717, 1.165) is 0 Å². The van der Waals surface area contributed by atoms with Gasteiger partial charge in [-0.3, -0.25) is 4.79 Å². The summed E-state index contributed by atoms with van der Waals surface area (Å²) in [5.74, 6) is -1.52. The van der Waals surface area contributed by atoms with E-state index in [1.54, 1.807) is 0 Å². The Morgan fingerprint density at radius 3 is 2.50 bits per heavy atom. The highest BCUT2D eigenvalue weighted by molar-refractivity contribution is 6.30. The molecule has 0 aliphatic rings. The molecule has 1 N–H and O–H groups in total. The van der Waals surface area contributed by atoms with E-state index in [2.05, 4.69) is 4.98 Å². The van der Waals surface area contributed by atoms with Gasteiger partial charge in [-0.05, 0) is 37.3 Å². The lowest BCUT2D eigenvalue weighted by Crippen LogP contribution is -2.24. The molecule has 4 nitrogen and oxygen atoms in total. The van der Waals surface area contributed by atoms with Crippen LogP contribution in [0.15, 0.2) is 36.5 Å². The van der Waals surface area contributed by atoms with Crippen molar-refractivity contribution in [2.75, 3.05) is 0 Å². The number of benzene rings is 1. The second-order valence-electron chi connectivity index (χ2n) is 4.15. The summed E-state index contributed by atoms with van der Waals surface area (Å²) in [6.45, 7) is 1.45. The highest BCUT2D eigenvalue weighted by Crippen LogP contribution is 2.13. The molecule has 1 aromatic heterocycles. The molecule has 20 heavy (non-hydrogen) atoms. The minimum Gasteiger partial charge on any atom is -0.450 e. The fourth-order valence-electron chi connectivity index (χ4n) is 1.61. The van der Waals surface area contributed by atoms with Gasteiger partial charge in [0.05, 0.1) is 5.02 Å². The Hall–Kier alpha value is -2.14. The number of rotatable bonds is 4. The third-order valence-electron chi connectivity index (χ3n) is 2.65. The Labute approximate surface area is 119 Å². The van der Waals surface area contributed by atoms with Gasteiger partial charge in [0.1, 0.15) is 11.5 Å². The number of aromatic nitrogens is 1. The standard InChI is InChI=1S/C14H11ClFNO3/c1-8(13(18)9-2-4-11(16)5-3-9)20-14(19)12-6-10(15)7-17-12/h2-8,17H,1H3. The molecular formula is C14H11ClFNO3. The van der Waals surface area contributed by atoms with E-state index in [0.29, 0.717) is 5.02 Å². The second kappa shape index (κ2) is 5.88. The summed E-state index contributed by atoms with van der Waals surface area (Å²) in [5, 5.41) is 0.370. The number of nitrogens with one attached hydrogen (secondary N) is 1. The van der Waals surface area contributed by atoms with Gasteiger partial charge in [-0.2, -0.15) is 0 Å². The summed E-state index contributed by atoms with van der Waals surface area (Å²) in [6.07, 6.45) is 0.458. The molecule has 6 heteroatoms. The lowest BCUT2D eigenvalue weighted by molar-refractivity contribution is 0.0314. The number of halogens is 2. The van der Waals surface area contributed by atoms with Gasteiger partial charge < -0.3 is 9.72 Å². The zero-order valence-corrected chi connectivity index (χ0v) is 11.3. The molecule has 0 saturated carbocycles. The molecule has 1 unspecified atom stereocenters. The molecule has 1 atom stereocenters. The first-order chi connectivity index (χ1) is 9.47. The number of carbonyl (C=O) groups is 2. The van der Waals surface area contributed by atoms with Crippen molar-refractivity contribution in [3.8, 4) is 0 Å². The maximum Gasteiger partial charge on any atom is 0.355 e. The Kier molecular flexibility index (Phi) is 4.20. The molecular weight excluding hydrogens is 285 g/mol. The van der Waals surface area contributed by atoms with E-state index in [-0.39, 0.29) is 11.3 Å². The minimum absolute atomic E-state index is 0.161. The number of hydrogen-bond donors (Lipinski definition) is 1. The molecule has 0 saturated heterocycles. The van der Waals surface area contributed by atoms with Crippen molar-refractivity contribution in [3.63, 3.8) is 0 Å². The van der Waals surface area contributed by atoms with Gasteiger partial charge in [0.2, 0.25) is 5.78 Å². The van der Waals surface area contributed by atoms with Crippen LogP contribution in [-0.2, 0) is 4.74 Å². The number of aromatic amines is 1. The summed E-state index contributed by atoms with van der Waals surface area (Å²) >= 11 is 5.67. The Morgan fingerprint density at radius 1 is 1.30 bits per heavy atom. The average Bonchev–Trinajstić information content (AvgIpc) is 2.85. The molecule has 0 bridgehead atoms. The third-order valence-corrected chi connectivity index (χ3v) is 2.87. The molecule has 0 amide bonds. The number of H-pyrrole nitrogens is 1. The van der Waals surface area contributed by atoms with Crippen molar-refractivity contribution in [1.82, 2.24) is 4.98 Å². The third kappa shape index (κ3) is 3.24. The van der Waals surface area contributed by atoms with E-state index >= 15 is 0 Å². The number of Topliss-reactive ketones (excluding diaryl/α,β-unsaturated/α-hetero) is 1. The second-order valence-corrected chi connectivity index (χ2v) is 4.59. The smallest absolute Gasteiger partial charge is 0.355 e. The van der Waals surface area contributed by atoms with Crippen LogP contribution in [0.25, 0.3) is 0 Å². The predicted molar refractivity (Wildman–Crippen MR) is 71.4 cm³/mol. The summed E-state index contributed by atoms with van der Waals surface area (Å²) < 4.78 is 17.8. The van der Waals surface area contributed by atoms with Gasteiger partial charge in [-0.25, -0.2) is 9.18 Å². The van der Waals surface area contributed by atoms with Crippen LogP contribution in [-0.4, -0.2) is 22.8 Å². The quantitative estimate of drug-likeness (QED) is 0.696. The molecule has 0 radical (unpaired) electrons. The van der Waals surface area contributed by atoms with Crippen LogP contribution in [0.1, 0.15) is 27.8 Å². The van der Waals surface area contributed by atoms with E-state index in [1.165, 1.54) is 43.5 Å². The Balaban J connectivity index is 2.04. The van der Waals surface area contributed by atoms with Gasteiger partial charge in [0.25, 0.3) is 0 Å². The molecule has 1 aromatic carbocycles. The van der Waals surface area contributed by atoms with E-state index < -0.39 is 23.7 Å². The van der Waals surface area contributed by atoms with Gasteiger partial charge in [-0.15, -0.1) is 0 Å². The van der Waals surface area contributed by atoms with Gasteiger partial charge in [0.15, 0.2) is 6.10 Å². The summed E-state index contributed by atoms with van der Waals surface area (Å²) in [6, 6.07) is 6.43. The Bertz CT molecular complexity index is 636. The lowest BCUT2D eigenvalue weighted by atomic mass is 10.1. The van der Waals surface area contributed by atoms with E-state index in [9.17, 15) is 14.0 Å². The maximum absolute atomic E-state index is 12.8. The molecule has 0 spiro atoms. The van der Waals surface area contributed by atoms with E-state index in [1.807, 2.05) is 0 Å². The average molecular weight is 296 g/mol. The zero-order valence-electron chi connectivity index (χ0n) is 10.5. The maximum atomic E-state index is 12.8. The normalized spacial score (nSPS) is 11.9. The molecule has 0 aliphatic carbocycles. The lowest BCUT2D eigenvalue weighted by Gasteiger charge is -2.11. The summed E-state index contributed by atoms with van der Waals surface area (Å²) in [7, 11) is 0. The molecule has 104 valence electrons. The molecule has 2 rings (SSSR count). The molecule has 0 aliphatic heterocycles.